The van der Waals surface area contributed by atoms with Gasteiger partial charge in [0.25, 0.3) is 40.7 Å². The Labute approximate surface area is 612 Å². The number of allylic oxidation sites excluding steroid dienone is 1. The second kappa shape index (κ2) is 36.4. The van der Waals surface area contributed by atoms with Crippen molar-refractivity contribution < 1.29 is 43.5 Å². The summed E-state index contributed by atoms with van der Waals surface area (Å²) in [6.07, 6.45) is 20.7. The van der Waals surface area contributed by atoms with E-state index in [4.69, 9.17) is 39.3 Å². The van der Waals surface area contributed by atoms with Crippen LogP contribution in [0.15, 0.2) is 128 Å². The van der Waals surface area contributed by atoms with Crippen LogP contribution in [0.1, 0.15) is 128 Å². The lowest BCUT2D eigenvalue weighted by molar-refractivity contribution is 0.0678. The predicted molar refractivity (Wildman–Crippen MR) is 393 cm³/mol. The molecule has 36 nitrogen and oxygen atoms in total. The average molecular weight is 1480 g/mol. The van der Waals surface area contributed by atoms with Gasteiger partial charge in [-0.05, 0) is 69.5 Å². The summed E-state index contributed by atoms with van der Waals surface area (Å²) in [4.78, 5) is 129. The van der Waals surface area contributed by atoms with Crippen molar-refractivity contribution in [3.8, 4) is 6.07 Å². The van der Waals surface area contributed by atoms with Gasteiger partial charge in [0.05, 0.1) is 17.4 Å². The summed E-state index contributed by atoms with van der Waals surface area (Å²) in [6.45, 7) is 12.3. The lowest BCUT2D eigenvalue weighted by Gasteiger charge is -2.19. The molecule has 10 heterocycles. The number of nitrogens with zero attached hydrogens (tertiary/aromatic N) is 20. The van der Waals surface area contributed by atoms with Crippen molar-refractivity contribution in [2.75, 3.05) is 44.7 Å². The maximum absolute atomic E-state index is 12.8. The summed E-state index contributed by atoms with van der Waals surface area (Å²) in [5.74, 6) is -1.51. The molecule has 11 aromatic rings. The molecule has 105 heavy (non-hydrogen) atoms. The number of nitrogens with two attached hydrogens (primary N) is 1. The van der Waals surface area contributed by atoms with Crippen LogP contribution >= 0.6 is 23.2 Å². The Hall–Kier alpha value is -13.2. The normalized spacial score (nSPS) is 10.3. The van der Waals surface area contributed by atoms with Gasteiger partial charge >= 0.3 is 5.97 Å². The zero-order valence-corrected chi connectivity index (χ0v) is 62.2. The van der Waals surface area contributed by atoms with Crippen LogP contribution in [-0.4, -0.2) is 149 Å². The van der Waals surface area contributed by atoms with E-state index in [0.717, 1.165) is 34.3 Å². The number of aromatic carboxylic acids is 1. The second-order valence-electron chi connectivity index (χ2n) is 23.5. The number of carbonyl (C=O) groups excluding carboxylic acids is 7. The van der Waals surface area contributed by atoms with E-state index >= 15 is 0 Å². The van der Waals surface area contributed by atoms with Crippen molar-refractivity contribution in [2.24, 2.45) is 70.5 Å². The van der Waals surface area contributed by atoms with Crippen LogP contribution in [0.2, 0.25) is 0 Å². The van der Waals surface area contributed by atoms with E-state index in [2.05, 4.69) is 108 Å². The third-order valence-corrected chi connectivity index (χ3v) is 15.6. The number of amides is 6. The number of aryl methyl sites for hydroxylation is 13. The van der Waals surface area contributed by atoms with Crippen LogP contribution in [-0.2, 0) is 77.0 Å². The zero-order valence-electron chi connectivity index (χ0n) is 60.7. The Bertz CT molecular complexity index is 4860. The standard InChI is InChI=1S/C21H24N10O3.C13H18ClN.C11H15N5O.C10H10ClN5O2.C10H11N5O3.C2H3N/c1-12-8-13(9-29(12)3)23-20(33)17-24-15(11-30(17)4)27-21(34)18-25-14(10-31(18)5)26-19(32)16-22-6-7-28(16)2;1-10(2)13(14)15(4)9-12-7-5-11(3)6-8-12;1-7-4-8(5-15(7)2)13-11(17)10-14-9(12)6-16(10)3;1-15-4-3-12-9(15)10(18)14-6-5-16(2)8(13-6)7(11)17;1-14-4-3-11-7(14)9(16)13-6-5-15(2)8(12-6)10(17)18;1-2-3/h6-11H,1-5H3,(H,23,33)(H,26,32)(H,27,34);5-8H,9H2,1-4H3;4-6H,12H2,1-3H3,(H,13,17);3-5H,1-2H3,(H,14,18);3-5H,1-2H3,(H,13,16)(H,17,18);1H3. The van der Waals surface area contributed by atoms with Crippen LogP contribution in [0.25, 0.3) is 0 Å². The molecule has 552 valence electrons. The maximum atomic E-state index is 12.8. The number of benzene rings is 1. The largest absolute Gasteiger partial charge is 0.475 e. The summed E-state index contributed by atoms with van der Waals surface area (Å²) in [6, 6.07) is 14.0. The van der Waals surface area contributed by atoms with E-state index < -0.39 is 40.7 Å². The highest BCUT2D eigenvalue weighted by molar-refractivity contribution is 6.67. The van der Waals surface area contributed by atoms with Crippen molar-refractivity contribution >= 4 is 110 Å². The second-order valence-corrected chi connectivity index (χ2v) is 24.3. The number of imidazole rings is 8. The Morgan fingerprint density at radius 2 is 0.781 bits per heavy atom. The van der Waals surface area contributed by atoms with E-state index in [-0.39, 0.29) is 69.9 Å². The van der Waals surface area contributed by atoms with Crippen LogP contribution in [0.5, 0.6) is 0 Å². The molecule has 0 spiro atoms. The third kappa shape index (κ3) is 22.4. The van der Waals surface area contributed by atoms with Crippen molar-refractivity contribution in [3.63, 3.8) is 0 Å². The molecule has 0 fully saturated rings. The topological polar surface area (TPSA) is 434 Å². The molecular formula is C67H81Cl2N27O9. The Morgan fingerprint density at radius 1 is 0.467 bits per heavy atom. The fraction of sp³-hybridized carbons (Fsp3) is 0.269. The molecule has 38 heteroatoms. The first-order valence-corrected chi connectivity index (χ1v) is 32.1. The number of hydrogen-bond acceptors (Lipinski definition) is 19. The fourth-order valence-corrected chi connectivity index (χ4v) is 9.57. The Balaban J connectivity index is 0.000000212. The molecular weight excluding hydrogens is 1400 g/mol. The van der Waals surface area contributed by atoms with Gasteiger partial charge in [0.1, 0.15) is 11.0 Å². The van der Waals surface area contributed by atoms with Gasteiger partial charge in [0.15, 0.2) is 46.6 Å². The molecule has 11 rings (SSSR count). The molecule has 0 saturated heterocycles. The molecule has 0 saturated carbocycles. The van der Waals surface area contributed by atoms with Crippen LogP contribution in [0, 0.1) is 32.1 Å². The minimum atomic E-state index is -1.16. The van der Waals surface area contributed by atoms with Gasteiger partial charge in [-0.1, -0.05) is 41.4 Å². The highest BCUT2D eigenvalue weighted by Gasteiger charge is 2.23. The number of carboxylic acids is 1. The van der Waals surface area contributed by atoms with Crippen molar-refractivity contribution in [1.82, 2.24) is 90.4 Å². The SMILES string of the molecule is CC#N.CC(C)=C(Cl)N(C)Cc1ccc(C)cc1.Cc1cc(NC(=O)c2nc(N)cn2C)cn1C.Cc1cc(NC(=O)c2nc(NC(=O)c3nc(NC(=O)c4nccn4C)cn3C)cn2C)cn1C.Cn1cc(NC(=O)c2nccn2C)nc1C(=O)Cl.Cn1cc(NC(=O)c2nccn2C)nc1C(=O)O. The Kier molecular flexibility index (Phi) is 28.0. The molecule has 0 bridgehead atoms. The number of anilines is 7. The first-order valence-electron chi connectivity index (χ1n) is 31.3. The molecule has 0 atom stereocenters. The monoisotopic (exact) mass is 1480 g/mol. The summed E-state index contributed by atoms with van der Waals surface area (Å²) in [7, 11) is 19.0. The number of nitrogens with one attached hydrogen (secondary N) is 6. The van der Waals surface area contributed by atoms with Gasteiger partial charge in [0.2, 0.25) is 23.3 Å². The van der Waals surface area contributed by atoms with Gasteiger partial charge in [-0.3, -0.25) is 33.6 Å². The minimum Gasteiger partial charge on any atom is -0.475 e. The number of carbonyl (C=O) groups is 8. The minimum absolute atomic E-state index is 0.0477. The summed E-state index contributed by atoms with van der Waals surface area (Å²) in [5.41, 5.74) is 12.7. The average Bonchev–Trinajstić information content (AvgIpc) is 1.67. The molecule has 1 aromatic carbocycles. The zero-order chi connectivity index (χ0) is 77.8. The quantitative estimate of drug-likeness (QED) is 0.0322. The predicted octanol–water partition coefficient (Wildman–Crippen LogP) is 7.53. The molecule has 9 N–H and O–H groups in total. The molecule has 0 radical (unpaired) electrons. The van der Waals surface area contributed by atoms with E-state index in [1.165, 1.54) is 86.7 Å². The number of hydrogen-bond donors (Lipinski definition) is 8. The molecule has 6 amide bonds. The lowest BCUT2D eigenvalue weighted by Crippen LogP contribution is -2.18. The van der Waals surface area contributed by atoms with Crippen molar-refractivity contribution in [2.45, 2.75) is 48.1 Å². The van der Waals surface area contributed by atoms with Crippen molar-refractivity contribution in [1.29, 1.82) is 5.26 Å². The summed E-state index contributed by atoms with van der Waals surface area (Å²) in [5, 5.41) is 32.1. The fourth-order valence-electron chi connectivity index (χ4n) is 9.33. The lowest BCUT2D eigenvalue weighted by atomic mass is 10.1. The number of halogens is 2. The van der Waals surface area contributed by atoms with Gasteiger partial charge < -0.3 is 93.3 Å². The van der Waals surface area contributed by atoms with Crippen LogP contribution < -0.4 is 37.6 Å². The van der Waals surface area contributed by atoms with E-state index in [9.17, 15) is 38.4 Å². The number of rotatable bonds is 17. The number of carboxylic acid groups (broad SMARTS) is 1. The molecule has 0 aliphatic heterocycles. The highest BCUT2D eigenvalue weighted by Crippen LogP contribution is 2.20. The number of nitriles is 1. The molecule has 0 aliphatic carbocycles. The first kappa shape index (κ1) is 80.8. The number of aromatic nitrogens is 18. The summed E-state index contributed by atoms with van der Waals surface area (Å²) >= 11 is 11.5. The molecule has 10 aromatic heterocycles. The van der Waals surface area contributed by atoms with Crippen LogP contribution in [0.3, 0.4) is 0 Å². The van der Waals surface area contributed by atoms with E-state index in [0.29, 0.717) is 17.3 Å². The first-order chi connectivity index (χ1) is 49.5. The summed E-state index contributed by atoms with van der Waals surface area (Å²) < 4.78 is 15.8. The van der Waals surface area contributed by atoms with Crippen molar-refractivity contribution in [3.05, 3.63) is 197 Å². The smallest absolute Gasteiger partial charge is 0.372 e. The number of nitrogen functional groups attached to an aromatic ring is 1. The van der Waals surface area contributed by atoms with E-state index in [1.54, 1.807) is 105 Å². The maximum Gasteiger partial charge on any atom is 0.372 e. The highest BCUT2D eigenvalue weighted by atomic mass is 35.5. The molecule has 0 aliphatic rings. The van der Waals surface area contributed by atoms with Gasteiger partial charge in [-0.2, -0.15) is 5.26 Å². The Morgan fingerprint density at radius 3 is 1.07 bits per heavy atom. The van der Waals surface area contributed by atoms with Gasteiger partial charge in [-0.25, -0.2) is 44.7 Å². The third-order valence-electron chi connectivity index (χ3n) is 14.7. The van der Waals surface area contributed by atoms with Crippen LogP contribution in [0.4, 0.5) is 40.5 Å². The molecule has 0 unspecified atom stereocenters. The van der Waals surface area contributed by atoms with Gasteiger partial charge in [-0.15, -0.1) is 0 Å². The van der Waals surface area contributed by atoms with Gasteiger partial charge in [0, 0.05) is 183 Å². The van der Waals surface area contributed by atoms with E-state index in [1.807, 2.05) is 76.3 Å².